The van der Waals surface area contributed by atoms with Gasteiger partial charge in [-0.25, -0.2) is 0 Å². The van der Waals surface area contributed by atoms with E-state index in [2.05, 4.69) is 15.3 Å². The number of benzene rings is 1. The first-order valence-corrected chi connectivity index (χ1v) is 6.36. The molecule has 0 fully saturated rings. The lowest BCUT2D eigenvalue weighted by atomic mass is 10.0. The van der Waals surface area contributed by atoms with E-state index < -0.39 is 29.8 Å². The van der Waals surface area contributed by atoms with Gasteiger partial charge in [0.1, 0.15) is 0 Å². The van der Waals surface area contributed by atoms with Crippen LogP contribution in [0.3, 0.4) is 0 Å². The lowest BCUT2D eigenvalue weighted by Gasteiger charge is -2.20. The summed E-state index contributed by atoms with van der Waals surface area (Å²) < 4.78 is 37.8. The fourth-order valence-corrected chi connectivity index (χ4v) is 2.13. The van der Waals surface area contributed by atoms with E-state index in [1.807, 2.05) is 0 Å². The number of halogens is 3. The summed E-state index contributed by atoms with van der Waals surface area (Å²) in [5, 5.41) is 2.76. The van der Waals surface area contributed by atoms with Crippen LogP contribution in [0.15, 0.2) is 27.8 Å². The van der Waals surface area contributed by atoms with Crippen LogP contribution in [-0.4, -0.2) is 22.7 Å². The molecule has 0 bridgehead atoms. The van der Waals surface area contributed by atoms with Crippen LogP contribution in [0, 0.1) is 0 Å². The van der Waals surface area contributed by atoms with Gasteiger partial charge >= 0.3 is 17.3 Å². The van der Waals surface area contributed by atoms with E-state index in [-0.39, 0.29) is 0 Å². The lowest BCUT2D eigenvalue weighted by molar-refractivity contribution is -0.140. The molecule has 21 heavy (non-hydrogen) atoms. The number of hydrogen-bond acceptors (Lipinski definition) is 3. The zero-order valence-corrected chi connectivity index (χ0v) is 11.2. The van der Waals surface area contributed by atoms with Crippen molar-refractivity contribution in [3.05, 3.63) is 44.5 Å². The van der Waals surface area contributed by atoms with Crippen molar-refractivity contribution in [1.82, 2.24) is 15.3 Å². The maximum Gasteiger partial charge on any atom is 0.390 e. The summed E-state index contributed by atoms with van der Waals surface area (Å²) in [5.74, 6) is 0. The molecule has 1 aromatic heterocycles. The van der Waals surface area contributed by atoms with Crippen molar-refractivity contribution in [3.8, 4) is 0 Å². The van der Waals surface area contributed by atoms with Crippen LogP contribution in [0.1, 0.15) is 24.9 Å². The smallest absolute Gasteiger partial charge is 0.316 e. The minimum absolute atomic E-state index is 0.294. The molecule has 114 valence electrons. The molecular formula is C13H14F3N3O2. The molecule has 0 aliphatic carbocycles. The number of alkyl halides is 3. The van der Waals surface area contributed by atoms with Crippen LogP contribution in [0.2, 0.25) is 0 Å². The topological polar surface area (TPSA) is 77.8 Å². The maximum absolute atomic E-state index is 12.6. The Balaban J connectivity index is 2.46. The molecule has 0 saturated heterocycles. The van der Waals surface area contributed by atoms with Crippen molar-refractivity contribution in [1.29, 1.82) is 0 Å². The SMILES string of the molecule is CCNC(CC(F)(F)F)c1ccc2[nH]c(=O)c(=O)[nH]c2c1. The second-order valence-corrected chi connectivity index (χ2v) is 4.64. The summed E-state index contributed by atoms with van der Waals surface area (Å²) in [7, 11) is 0. The predicted molar refractivity (Wildman–Crippen MR) is 72.3 cm³/mol. The van der Waals surface area contributed by atoms with E-state index in [1.54, 1.807) is 6.92 Å². The van der Waals surface area contributed by atoms with E-state index in [1.165, 1.54) is 18.2 Å². The number of aromatic amines is 2. The zero-order chi connectivity index (χ0) is 15.6. The number of H-pyrrole nitrogens is 2. The average Bonchev–Trinajstić information content (AvgIpc) is 2.37. The Labute approximate surface area is 117 Å². The quantitative estimate of drug-likeness (QED) is 0.754. The Morgan fingerprint density at radius 2 is 1.76 bits per heavy atom. The van der Waals surface area contributed by atoms with Gasteiger partial charge in [0.2, 0.25) is 0 Å². The van der Waals surface area contributed by atoms with Gasteiger partial charge in [0.25, 0.3) is 0 Å². The standard InChI is InChI=1S/C13H14F3N3O2/c1-2-17-10(6-13(14,15)16)7-3-4-8-9(5-7)19-12(21)11(20)18-8/h3-5,10,17H,2,6H2,1H3,(H,18,20)(H,19,21). The third-order valence-corrected chi connectivity index (χ3v) is 3.03. The molecule has 1 heterocycles. The molecule has 5 nitrogen and oxygen atoms in total. The first-order valence-electron chi connectivity index (χ1n) is 6.36. The Hall–Kier alpha value is -2.09. The van der Waals surface area contributed by atoms with E-state index in [9.17, 15) is 22.8 Å². The molecule has 1 atom stereocenters. The molecule has 0 spiro atoms. The Morgan fingerprint density at radius 3 is 2.33 bits per heavy atom. The Kier molecular flexibility index (Phi) is 4.17. The largest absolute Gasteiger partial charge is 0.390 e. The number of nitrogens with one attached hydrogen (secondary N) is 3. The monoisotopic (exact) mass is 301 g/mol. The zero-order valence-electron chi connectivity index (χ0n) is 11.2. The van der Waals surface area contributed by atoms with E-state index >= 15 is 0 Å². The summed E-state index contributed by atoms with van der Waals surface area (Å²) in [6, 6.07) is 3.50. The molecule has 0 radical (unpaired) electrons. The van der Waals surface area contributed by atoms with Crippen molar-refractivity contribution in [2.75, 3.05) is 6.54 Å². The van der Waals surface area contributed by atoms with Crippen molar-refractivity contribution in [2.24, 2.45) is 0 Å². The highest BCUT2D eigenvalue weighted by atomic mass is 19.4. The first kappa shape index (κ1) is 15.3. The van der Waals surface area contributed by atoms with Crippen LogP contribution in [0.4, 0.5) is 13.2 Å². The van der Waals surface area contributed by atoms with Gasteiger partial charge in [0.15, 0.2) is 0 Å². The summed E-state index contributed by atoms with van der Waals surface area (Å²) >= 11 is 0. The minimum Gasteiger partial charge on any atom is -0.316 e. The predicted octanol–water partition coefficient (Wildman–Crippen LogP) is 1.82. The van der Waals surface area contributed by atoms with Crippen LogP contribution in [0.5, 0.6) is 0 Å². The Bertz CT molecular complexity index is 749. The van der Waals surface area contributed by atoms with E-state index in [0.717, 1.165) is 0 Å². The number of fused-ring (bicyclic) bond motifs is 1. The highest BCUT2D eigenvalue weighted by molar-refractivity contribution is 5.74. The number of hydrogen-bond donors (Lipinski definition) is 3. The molecule has 0 saturated carbocycles. The number of aromatic nitrogens is 2. The average molecular weight is 301 g/mol. The fraction of sp³-hybridized carbons (Fsp3) is 0.385. The van der Waals surface area contributed by atoms with Crippen LogP contribution >= 0.6 is 0 Å². The van der Waals surface area contributed by atoms with Crippen molar-refractivity contribution in [3.63, 3.8) is 0 Å². The van der Waals surface area contributed by atoms with Crippen molar-refractivity contribution >= 4 is 11.0 Å². The molecule has 0 amide bonds. The minimum atomic E-state index is -4.31. The normalized spacial score (nSPS) is 13.5. The summed E-state index contributed by atoms with van der Waals surface area (Å²) in [5.41, 5.74) is -0.582. The van der Waals surface area contributed by atoms with Gasteiger partial charge in [-0.2, -0.15) is 13.2 Å². The van der Waals surface area contributed by atoms with Gasteiger partial charge in [0, 0.05) is 6.04 Å². The van der Waals surface area contributed by atoms with Crippen molar-refractivity contribution in [2.45, 2.75) is 25.6 Å². The molecule has 0 aliphatic heterocycles. The Morgan fingerprint density at radius 1 is 1.14 bits per heavy atom. The second-order valence-electron chi connectivity index (χ2n) is 4.64. The van der Waals surface area contributed by atoms with Crippen molar-refractivity contribution < 1.29 is 13.2 Å². The summed E-state index contributed by atoms with van der Waals surface area (Å²) in [4.78, 5) is 27.2. The van der Waals surface area contributed by atoms with Gasteiger partial charge in [-0.1, -0.05) is 13.0 Å². The van der Waals surface area contributed by atoms with Crippen LogP contribution in [0.25, 0.3) is 11.0 Å². The van der Waals surface area contributed by atoms with Gasteiger partial charge in [0.05, 0.1) is 17.5 Å². The molecule has 2 rings (SSSR count). The second kappa shape index (κ2) is 5.72. The summed E-state index contributed by atoms with van der Waals surface area (Å²) in [6.07, 6.45) is -5.32. The molecule has 0 aliphatic rings. The highest BCUT2D eigenvalue weighted by Crippen LogP contribution is 2.30. The third kappa shape index (κ3) is 3.72. The molecular weight excluding hydrogens is 287 g/mol. The van der Waals surface area contributed by atoms with Crippen LogP contribution in [-0.2, 0) is 0 Å². The van der Waals surface area contributed by atoms with E-state index in [4.69, 9.17) is 0 Å². The maximum atomic E-state index is 12.6. The molecule has 8 heteroatoms. The summed E-state index contributed by atoms with van der Waals surface area (Å²) in [6.45, 7) is 2.09. The van der Waals surface area contributed by atoms with Crippen LogP contribution < -0.4 is 16.4 Å². The molecule has 3 N–H and O–H groups in total. The molecule has 2 aromatic rings. The fourth-order valence-electron chi connectivity index (χ4n) is 2.13. The number of rotatable bonds is 4. The van der Waals surface area contributed by atoms with E-state index in [0.29, 0.717) is 23.1 Å². The highest BCUT2D eigenvalue weighted by Gasteiger charge is 2.32. The van der Waals surface area contributed by atoms with Gasteiger partial charge in [-0.15, -0.1) is 0 Å². The molecule has 1 unspecified atom stereocenters. The van der Waals surface area contributed by atoms with Gasteiger partial charge in [-0.05, 0) is 24.2 Å². The van der Waals surface area contributed by atoms with Gasteiger partial charge in [-0.3, -0.25) is 9.59 Å². The third-order valence-electron chi connectivity index (χ3n) is 3.03. The first-order chi connectivity index (χ1) is 9.80. The molecule has 1 aromatic carbocycles. The lowest BCUT2D eigenvalue weighted by Crippen LogP contribution is -2.29. The van der Waals surface area contributed by atoms with Gasteiger partial charge < -0.3 is 15.3 Å².